The molecule has 0 bridgehead atoms. The molecule has 0 atom stereocenters. The van der Waals surface area contributed by atoms with Crippen LogP contribution < -0.4 is 10.1 Å². The fourth-order valence-corrected chi connectivity index (χ4v) is 5.41. The van der Waals surface area contributed by atoms with Crippen LogP contribution >= 0.6 is 11.8 Å². The molecule has 0 aliphatic carbocycles. The van der Waals surface area contributed by atoms with Crippen LogP contribution in [0.1, 0.15) is 25.3 Å². The summed E-state index contributed by atoms with van der Waals surface area (Å²) in [5.74, 6) is -0.0329. The van der Waals surface area contributed by atoms with Crippen molar-refractivity contribution in [1.29, 1.82) is 0 Å². The molecule has 0 aliphatic rings. The molecule has 0 radical (unpaired) electrons. The topological polar surface area (TPSA) is 75.7 Å². The van der Waals surface area contributed by atoms with Gasteiger partial charge in [-0.2, -0.15) is 4.31 Å². The summed E-state index contributed by atoms with van der Waals surface area (Å²) in [5, 5.41) is 2.85. The average molecular weight is 485 g/mol. The standard InChI is InChI=1S/C25H28N2O4S2/c1-18(2)19-14-15-22(31-4)24(16-19)33(29,30)27(3)17-25(28)26-21-12-8-9-13-23(21)32-20-10-6-5-7-11-20/h5-16,18H,17H2,1-4H3,(H,26,28). The minimum Gasteiger partial charge on any atom is -0.495 e. The van der Waals surface area contributed by atoms with Crippen molar-refractivity contribution in [3.63, 3.8) is 0 Å². The molecule has 174 valence electrons. The van der Waals surface area contributed by atoms with Gasteiger partial charge in [0.05, 0.1) is 19.3 Å². The smallest absolute Gasteiger partial charge is 0.246 e. The van der Waals surface area contributed by atoms with Crippen molar-refractivity contribution < 1.29 is 17.9 Å². The number of para-hydroxylation sites is 1. The number of nitrogens with one attached hydrogen (secondary N) is 1. The number of hydrogen-bond donors (Lipinski definition) is 1. The first-order valence-electron chi connectivity index (χ1n) is 10.5. The monoisotopic (exact) mass is 484 g/mol. The molecular weight excluding hydrogens is 456 g/mol. The maximum absolute atomic E-state index is 13.2. The SMILES string of the molecule is COc1ccc(C(C)C)cc1S(=O)(=O)N(C)CC(=O)Nc1ccccc1Sc1ccccc1. The van der Waals surface area contributed by atoms with Crippen LogP contribution in [0.5, 0.6) is 5.75 Å². The van der Waals surface area contributed by atoms with Crippen LogP contribution in [0.15, 0.2) is 87.5 Å². The van der Waals surface area contributed by atoms with Crippen LogP contribution in [-0.4, -0.2) is 39.3 Å². The number of benzene rings is 3. The first kappa shape index (κ1) is 24.8. The van der Waals surface area contributed by atoms with Crippen LogP contribution in [0.25, 0.3) is 0 Å². The Morgan fingerprint density at radius 3 is 2.36 bits per heavy atom. The lowest BCUT2D eigenvalue weighted by molar-refractivity contribution is -0.116. The number of methoxy groups -OCH3 is 1. The Morgan fingerprint density at radius 2 is 1.70 bits per heavy atom. The molecule has 0 aliphatic heterocycles. The molecule has 0 saturated heterocycles. The van der Waals surface area contributed by atoms with E-state index in [0.29, 0.717) is 5.69 Å². The second kappa shape index (κ2) is 10.9. The highest BCUT2D eigenvalue weighted by molar-refractivity contribution is 7.99. The van der Waals surface area contributed by atoms with E-state index < -0.39 is 15.9 Å². The Hall–Kier alpha value is -2.81. The molecule has 1 N–H and O–H groups in total. The number of carbonyl (C=O) groups is 1. The van der Waals surface area contributed by atoms with Gasteiger partial charge in [0.2, 0.25) is 15.9 Å². The first-order chi connectivity index (χ1) is 15.7. The number of nitrogens with zero attached hydrogens (tertiary/aromatic N) is 1. The maximum Gasteiger partial charge on any atom is 0.246 e. The normalized spacial score (nSPS) is 11.6. The highest BCUT2D eigenvalue weighted by atomic mass is 32.2. The number of likely N-dealkylation sites (N-methyl/N-ethyl adjacent to an activating group) is 1. The fourth-order valence-electron chi connectivity index (χ4n) is 3.17. The highest BCUT2D eigenvalue weighted by Gasteiger charge is 2.27. The first-order valence-corrected chi connectivity index (χ1v) is 12.7. The number of hydrogen-bond acceptors (Lipinski definition) is 5. The number of anilines is 1. The van der Waals surface area contributed by atoms with Crippen molar-refractivity contribution in [2.75, 3.05) is 26.0 Å². The Bertz CT molecular complexity index is 1210. The van der Waals surface area contributed by atoms with E-state index >= 15 is 0 Å². The fraction of sp³-hybridized carbons (Fsp3) is 0.240. The molecule has 0 aromatic heterocycles. The average Bonchev–Trinajstić information content (AvgIpc) is 2.80. The number of sulfonamides is 1. The van der Waals surface area contributed by atoms with E-state index in [0.717, 1.165) is 19.7 Å². The summed E-state index contributed by atoms with van der Waals surface area (Å²) in [6.07, 6.45) is 0. The molecule has 0 fully saturated rings. The molecule has 0 spiro atoms. The molecular formula is C25H28N2O4S2. The van der Waals surface area contributed by atoms with E-state index in [-0.39, 0.29) is 23.1 Å². The van der Waals surface area contributed by atoms with Gasteiger partial charge in [0.15, 0.2) is 0 Å². The molecule has 3 aromatic rings. The third kappa shape index (κ3) is 6.16. The Kier molecular flexibility index (Phi) is 8.18. The van der Waals surface area contributed by atoms with E-state index in [1.54, 1.807) is 18.2 Å². The summed E-state index contributed by atoms with van der Waals surface area (Å²) in [5.41, 5.74) is 1.50. The lowest BCUT2D eigenvalue weighted by Crippen LogP contribution is -2.35. The van der Waals surface area contributed by atoms with Gasteiger partial charge in [-0.15, -0.1) is 0 Å². The Balaban J connectivity index is 1.77. The molecule has 0 heterocycles. The zero-order valence-corrected chi connectivity index (χ0v) is 20.7. The van der Waals surface area contributed by atoms with Crippen LogP contribution in [0.4, 0.5) is 5.69 Å². The lowest BCUT2D eigenvalue weighted by atomic mass is 10.0. The second-order valence-electron chi connectivity index (χ2n) is 7.79. The number of carbonyl (C=O) groups excluding carboxylic acids is 1. The highest BCUT2D eigenvalue weighted by Crippen LogP contribution is 2.33. The van der Waals surface area contributed by atoms with Crippen molar-refractivity contribution in [1.82, 2.24) is 4.31 Å². The molecule has 0 unspecified atom stereocenters. The van der Waals surface area contributed by atoms with Crippen LogP contribution in [0, 0.1) is 0 Å². The summed E-state index contributed by atoms with van der Waals surface area (Å²) < 4.78 is 32.8. The molecule has 0 saturated carbocycles. The van der Waals surface area contributed by atoms with E-state index in [9.17, 15) is 13.2 Å². The number of ether oxygens (including phenoxy) is 1. The maximum atomic E-state index is 13.2. The number of rotatable bonds is 9. The predicted molar refractivity (Wildman–Crippen MR) is 133 cm³/mol. The van der Waals surface area contributed by atoms with Gasteiger partial charge in [0, 0.05) is 16.8 Å². The molecule has 6 nitrogen and oxygen atoms in total. The van der Waals surface area contributed by atoms with E-state index in [2.05, 4.69) is 5.32 Å². The zero-order valence-electron chi connectivity index (χ0n) is 19.1. The molecule has 33 heavy (non-hydrogen) atoms. The predicted octanol–water partition coefficient (Wildman–Crippen LogP) is 5.23. The summed E-state index contributed by atoms with van der Waals surface area (Å²) in [7, 11) is -1.12. The van der Waals surface area contributed by atoms with Gasteiger partial charge in [-0.05, 0) is 47.9 Å². The largest absolute Gasteiger partial charge is 0.495 e. The van der Waals surface area contributed by atoms with Crippen molar-refractivity contribution in [3.05, 3.63) is 78.4 Å². The third-order valence-electron chi connectivity index (χ3n) is 5.04. The van der Waals surface area contributed by atoms with E-state index in [1.165, 1.54) is 25.9 Å². The van der Waals surface area contributed by atoms with Gasteiger partial charge >= 0.3 is 0 Å². The lowest BCUT2D eigenvalue weighted by Gasteiger charge is -2.20. The Labute approximate surface area is 200 Å². The van der Waals surface area contributed by atoms with Gasteiger partial charge in [0.1, 0.15) is 10.6 Å². The summed E-state index contributed by atoms with van der Waals surface area (Å²) in [6, 6.07) is 22.4. The van der Waals surface area contributed by atoms with Crippen molar-refractivity contribution in [2.45, 2.75) is 34.5 Å². The van der Waals surface area contributed by atoms with Crippen molar-refractivity contribution in [2.24, 2.45) is 0 Å². The van der Waals surface area contributed by atoms with Gasteiger partial charge < -0.3 is 10.1 Å². The van der Waals surface area contributed by atoms with Gasteiger partial charge in [-0.25, -0.2) is 8.42 Å². The summed E-state index contributed by atoms with van der Waals surface area (Å²) in [4.78, 5) is 14.7. The van der Waals surface area contributed by atoms with Gasteiger partial charge in [-0.3, -0.25) is 4.79 Å². The van der Waals surface area contributed by atoms with Gasteiger partial charge in [-0.1, -0.05) is 62.0 Å². The van der Waals surface area contributed by atoms with Gasteiger partial charge in [0.25, 0.3) is 0 Å². The van der Waals surface area contributed by atoms with Crippen molar-refractivity contribution >= 4 is 33.4 Å². The van der Waals surface area contributed by atoms with E-state index in [1.807, 2.05) is 68.4 Å². The zero-order chi connectivity index (χ0) is 24.0. The van der Waals surface area contributed by atoms with E-state index in [4.69, 9.17) is 4.74 Å². The summed E-state index contributed by atoms with van der Waals surface area (Å²) in [6.45, 7) is 3.64. The summed E-state index contributed by atoms with van der Waals surface area (Å²) >= 11 is 1.52. The molecule has 8 heteroatoms. The second-order valence-corrected chi connectivity index (χ2v) is 10.9. The minimum absolute atomic E-state index is 0.0477. The van der Waals surface area contributed by atoms with Crippen LogP contribution in [-0.2, 0) is 14.8 Å². The number of amides is 1. The third-order valence-corrected chi connectivity index (χ3v) is 7.95. The van der Waals surface area contributed by atoms with Crippen LogP contribution in [0.3, 0.4) is 0 Å². The molecule has 3 rings (SSSR count). The Morgan fingerprint density at radius 1 is 1.03 bits per heavy atom. The van der Waals surface area contributed by atoms with Crippen LogP contribution in [0.2, 0.25) is 0 Å². The van der Waals surface area contributed by atoms with Crippen molar-refractivity contribution in [3.8, 4) is 5.75 Å². The minimum atomic E-state index is -3.94. The quantitative estimate of drug-likeness (QED) is 0.450. The molecule has 3 aromatic carbocycles. The molecule has 1 amide bonds.